The minimum Gasteiger partial charge on any atom is -0.229 e. The number of amidine groups is 1. The molecule has 7 heteroatoms. The minimum atomic E-state index is -3.36. The molecule has 6 nitrogen and oxygen atoms in total. The molecule has 17 heavy (non-hydrogen) atoms. The van der Waals surface area contributed by atoms with E-state index in [0.29, 0.717) is 6.42 Å². The molecule has 0 spiro atoms. The van der Waals surface area contributed by atoms with Crippen LogP contribution in [0.2, 0.25) is 0 Å². The van der Waals surface area contributed by atoms with Gasteiger partial charge < -0.3 is 0 Å². The molecule has 1 aliphatic heterocycles. The fourth-order valence-corrected chi connectivity index (χ4v) is 2.88. The molecule has 0 saturated carbocycles. The van der Waals surface area contributed by atoms with Crippen molar-refractivity contribution in [1.29, 1.82) is 0 Å². The molecule has 0 saturated heterocycles. The number of hydrogen-bond acceptors (Lipinski definition) is 6. The number of hydrazine groups is 2. The van der Waals surface area contributed by atoms with Crippen molar-refractivity contribution in [1.82, 2.24) is 11.1 Å². The van der Waals surface area contributed by atoms with E-state index >= 15 is 0 Å². The Balaban J connectivity index is 2.30. The number of nitrogens with one attached hydrogen (secondary N) is 2. The van der Waals surface area contributed by atoms with Gasteiger partial charge in [-0.15, -0.1) is 10.6 Å². The van der Waals surface area contributed by atoms with Crippen LogP contribution in [0.25, 0.3) is 0 Å². The molecule has 2 N–H and O–H groups in total. The van der Waals surface area contributed by atoms with Gasteiger partial charge in [-0.2, -0.15) is 0 Å². The van der Waals surface area contributed by atoms with Crippen molar-refractivity contribution in [3.8, 4) is 0 Å². The van der Waals surface area contributed by atoms with Gasteiger partial charge in [0, 0.05) is 0 Å². The molecule has 0 aliphatic carbocycles. The topological polar surface area (TPSA) is 73.8 Å². The van der Waals surface area contributed by atoms with Gasteiger partial charge in [-0.1, -0.05) is 25.1 Å². The molecule has 0 amide bonds. The summed E-state index contributed by atoms with van der Waals surface area (Å²) in [6.45, 7) is 1.82. The quantitative estimate of drug-likeness (QED) is 0.827. The van der Waals surface area contributed by atoms with E-state index in [9.17, 15) is 8.42 Å². The lowest BCUT2D eigenvalue weighted by Gasteiger charge is -2.18. The van der Waals surface area contributed by atoms with Crippen LogP contribution in [-0.2, 0) is 9.84 Å². The number of sulfone groups is 1. The van der Waals surface area contributed by atoms with E-state index in [1.807, 2.05) is 25.1 Å². The predicted molar refractivity (Wildman–Crippen MR) is 66.7 cm³/mol. The van der Waals surface area contributed by atoms with Gasteiger partial charge in [0.25, 0.3) is 5.17 Å². The maximum atomic E-state index is 12.0. The van der Waals surface area contributed by atoms with Crippen molar-refractivity contribution in [2.45, 2.75) is 13.3 Å². The maximum absolute atomic E-state index is 12.0. The highest BCUT2D eigenvalue weighted by atomic mass is 32.2. The van der Waals surface area contributed by atoms with Crippen molar-refractivity contribution in [2.75, 3.05) is 10.8 Å². The molecule has 2 rings (SSSR count). The first kappa shape index (κ1) is 11.9. The summed E-state index contributed by atoms with van der Waals surface area (Å²) in [5.74, 6) is 0.0819. The predicted octanol–water partition coefficient (Wildman–Crippen LogP) is 0.612. The van der Waals surface area contributed by atoms with Crippen molar-refractivity contribution >= 4 is 20.7 Å². The summed E-state index contributed by atoms with van der Waals surface area (Å²) >= 11 is 0. The van der Waals surface area contributed by atoms with E-state index < -0.39 is 9.84 Å². The molecule has 0 radical (unpaired) electrons. The Morgan fingerprint density at radius 2 is 2.00 bits per heavy atom. The molecule has 0 atom stereocenters. The first-order chi connectivity index (χ1) is 8.15. The molecule has 1 heterocycles. The SMILES string of the molecule is CCCS(=O)(=O)C1=NNNN1c1ccccc1. The second-order valence-corrected chi connectivity index (χ2v) is 5.61. The van der Waals surface area contributed by atoms with Crippen LogP contribution in [0, 0.1) is 0 Å². The maximum Gasteiger partial charge on any atom is 0.263 e. The van der Waals surface area contributed by atoms with E-state index in [2.05, 4.69) is 16.2 Å². The summed E-state index contributed by atoms with van der Waals surface area (Å²) in [4.78, 5) is 0. The zero-order valence-corrected chi connectivity index (χ0v) is 10.2. The molecule has 0 aromatic heterocycles. The first-order valence-corrected chi connectivity index (χ1v) is 6.96. The molecule has 1 aromatic rings. The van der Waals surface area contributed by atoms with E-state index in [1.165, 1.54) is 5.01 Å². The summed E-state index contributed by atoms with van der Waals surface area (Å²) in [5, 5.41) is 5.20. The Morgan fingerprint density at radius 3 is 2.65 bits per heavy atom. The van der Waals surface area contributed by atoms with Crippen LogP contribution in [0.3, 0.4) is 0 Å². The Hall–Kier alpha value is -1.60. The van der Waals surface area contributed by atoms with Crippen LogP contribution in [-0.4, -0.2) is 19.3 Å². The second kappa shape index (κ2) is 4.72. The largest absolute Gasteiger partial charge is 0.263 e. The van der Waals surface area contributed by atoms with E-state index in [1.54, 1.807) is 12.1 Å². The second-order valence-electron chi connectivity index (χ2n) is 3.61. The minimum absolute atomic E-state index is 0.00514. The Labute approximate surface area is 100 Å². The lowest BCUT2D eigenvalue weighted by molar-refractivity contribution is 0.604. The van der Waals surface area contributed by atoms with Gasteiger partial charge in [0.1, 0.15) is 0 Å². The highest BCUT2D eigenvalue weighted by Gasteiger charge is 2.30. The van der Waals surface area contributed by atoms with Crippen molar-refractivity contribution in [2.24, 2.45) is 5.10 Å². The molecule has 0 unspecified atom stereocenters. The fourth-order valence-electron chi connectivity index (χ4n) is 1.54. The summed E-state index contributed by atoms with van der Waals surface area (Å²) in [7, 11) is -3.36. The molecule has 0 fully saturated rings. The number of rotatable bonds is 3. The third kappa shape index (κ3) is 2.40. The van der Waals surface area contributed by atoms with Gasteiger partial charge >= 0.3 is 0 Å². The van der Waals surface area contributed by atoms with Gasteiger partial charge in [-0.3, -0.25) is 0 Å². The number of nitrogens with zero attached hydrogens (tertiary/aromatic N) is 2. The van der Waals surface area contributed by atoms with E-state index in [-0.39, 0.29) is 10.9 Å². The average Bonchev–Trinajstić information content (AvgIpc) is 2.79. The fraction of sp³-hybridized carbons (Fsp3) is 0.300. The number of hydrogen-bond donors (Lipinski definition) is 2. The Bertz CT molecular complexity index is 512. The molecule has 1 aromatic carbocycles. The smallest absolute Gasteiger partial charge is 0.229 e. The number of para-hydroxylation sites is 1. The van der Waals surface area contributed by atoms with Gasteiger partial charge in [0.05, 0.1) is 11.4 Å². The van der Waals surface area contributed by atoms with Crippen molar-refractivity contribution in [3.63, 3.8) is 0 Å². The molecule has 92 valence electrons. The van der Waals surface area contributed by atoms with Crippen LogP contribution >= 0.6 is 0 Å². The van der Waals surface area contributed by atoms with Crippen LogP contribution in [0.15, 0.2) is 35.4 Å². The summed E-state index contributed by atoms with van der Waals surface area (Å²) in [6.07, 6.45) is 0.560. The summed E-state index contributed by atoms with van der Waals surface area (Å²) in [5.41, 5.74) is 5.88. The van der Waals surface area contributed by atoms with Gasteiger partial charge in [0.15, 0.2) is 0 Å². The monoisotopic (exact) mass is 254 g/mol. The van der Waals surface area contributed by atoms with Crippen LogP contribution < -0.4 is 16.1 Å². The number of anilines is 1. The third-order valence-corrected chi connectivity index (χ3v) is 4.05. The lowest BCUT2D eigenvalue weighted by atomic mass is 10.3. The zero-order chi connectivity index (χ0) is 12.3. The molecular formula is C10H14N4O2S. The normalized spacial score (nSPS) is 15.6. The van der Waals surface area contributed by atoms with Gasteiger partial charge in [0.2, 0.25) is 9.84 Å². The van der Waals surface area contributed by atoms with Crippen LogP contribution in [0.5, 0.6) is 0 Å². The summed E-state index contributed by atoms with van der Waals surface area (Å²) in [6, 6.07) is 9.14. The highest BCUT2D eigenvalue weighted by molar-refractivity contribution is 8.06. The summed E-state index contributed by atoms with van der Waals surface area (Å²) < 4.78 is 23.9. The highest BCUT2D eigenvalue weighted by Crippen LogP contribution is 2.16. The number of benzene rings is 1. The van der Waals surface area contributed by atoms with Crippen LogP contribution in [0.4, 0.5) is 5.69 Å². The molecule has 0 bridgehead atoms. The molecular weight excluding hydrogens is 240 g/mol. The zero-order valence-electron chi connectivity index (χ0n) is 9.42. The van der Waals surface area contributed by atoms with Crippen LogP contribution in [0.1, 0.15) is 13.3 Å². The van der Waals surface area contributed by atoms with Gasteiger partial charge in [-0.25, -0.2) is 19.0 Å². The third-order valence-electron chi connectivity index (χ3n) is 2.27. The van der Waals surface area contributed by atoms with Crippen molar-refractivity contribution in [3.05, 3.63) is 30.3 Å². The standard InChI is InChI=1S/C10H14N4O2S/c1-2-8-17(15,16)10-11-12-13-14(10)9-6-4-3-5-7-9/h3-7,12-13H,2,8H2,1H3. The Morgan fingerprint density at radius 1 is 1.29 bits per heavy atom. The Kier molecular flexibility index (Phi) is 3.30. The molecule has 1 aliphatic rings. The first-order valence-electron chi connectivity index (χ1n) is 5.31. The van der Waals surface area contributed by atoms with Crippen molar-refractivity contribution < 1.29 is 8.42 Å². The van der Waals surface area contributed by atoms with E-state index in [0.717, 1.165) is 5.69 Å². The van der Waals surface area contributed by atoms with Gasteiger partial charge in [-0.05, 0) is 18.6 Å². The lowest BCUT2D eigenvalue weighted by Crippen LogP contribution is -2.44. The average molecular weight is 254 g/mol. The van der Waals surface area contributed by atoms with E-state index in [4.69, 9.17) is 0 Å². The number of hydrazone groups is 1.